The van der Waals surface area contributed by atoms with Crippen molar-refractivity contribution in [3.8, 4) is 11.4 Å². The van der Waals surface area contributed by atoms with Gasteiger partial charge in [-0.1, -0.05) is 11.6 Å². The molecular weight excluding hydrogens is 391 g/mol. The molecular formula is C22H18ClFN4O. The molecule has 5 rings (SSSR count). The summed E-state index contributed by atoms with van der Waals surface area (Å²) in [5.74, 6) is 0.475. The van der Waals surface area contributed by atoms with E-state index in [0.29, 0.717) is 24.7 Å². The molecule has 7 heteroatoms. The third-order valence-corrected chi connectivity index (χ3v) is 5.38. The van der Waals surface area contributed by atoms with Gasteiger partial charge in [0.2, 0.25) is 0 Å². The quantitative estimate of drug-likeness (QED) is 0.496. The van der Waals surface area contributed by atoms with E-state index in [0.717, 1.165) is 40.1 Å². The summed E-state index contributed by atoms with van der Waals surface area (Å²) in [5, 5.41) is 9.56. The van der Waals surface area contributed by atoms with Crippen molar-refractivity contribution in [2.24, 2.45) is 0 Å². The number of rotatable bonds is 3. The number of ether oxygens (including phenoxy) is 1. The van der Waals surface area contributed by atoms with Gasteiger partial charge in [-0.25, -0.2) is 4.39 Å². The van der Waals surface area contributed by atoms with Crippen molar-refractivity contribution in [2.45, 2.75) is 13.1 Å². The Balaban J connectivity index is 1.51. The molecule has 0 atom stereocenters. The number of fused-ring (bicyclic) bond motifs is 2. The van der Waals surface area contributed by atoms with Gasteiger partial charge in [0, 0.05) is 48.7 Å². The Morgan fingerprint density at radius 3 is 2.93 bits per heavy atom. The molecule has 4 aromatic rings. The fourth-order valence-corrected chi connectivity index (χ4v) is 4.06. The first-order valence-corrected chi connectivity index (χ1v) is 9.76. The third-order valence-electron chi connectivity index (χ3n) is 5.10. The van der Waals surface area contributed by atoms with Crippen LogP contribution in [-0.2, 0) is 13.1 Å². The molecule has 0 fully saturated rings. The summed E-state index contributed by atoms with van der Waals surface area (Å²) in [6, 6.07) is 14.5. The third kappa shape index (κ3) is 3.57. The van der Waals surface area contributed by atoms with Gasteiger partial charge in [0.05, 0.1) is 16.2 Å². The van der Waals surface area contributed by atoms with Crippen molar-refractivity contribution in [1.29, 1.82) is 0 Å². The molecule has 0 bridgehead atoms. The molecule has 1 aliphatic heterocycles. The Hall–Kier alpha value is -2.96. The molecule has 2 aromatic carbocycles. The van der Waals surface area contributed by atoms with E-state index < -0.39 is 0 Å². The van der Waals surface area contributed by atoms with Crippen LogP contribution in [-0.4, -0.2) is 32.8 Å². The fraction of sp³-hybridized carbons (Fsp3) is 0.182. The highest BCUT2D eigenvalue weighted by molar-refractivity contribution is 6.32. The Bertz CT molecular complexity index is 1180. The summed E-state index contributed by atoms with van der Waals surface area (Å²) in [5.41, 5.74) is 3.77. The molecule has 5 nitrogen and oxygen atoms in total. The highest BCUT2D eigenvalue weighted by atomic mass is 35.5. The van der Waals surface area contributed by atoms with Crippen molar-refractivity contribution < 1.29 is 9.13 Å². The summed E-state index contributed by atoms with van der Waals surface area (Å²) < 4.78 is 21.5. The van der Waals surface area contributed by atoms with Crippen LogP contribution in [0.25, 0.3) is 16.6 Å². The SMILES string of the molecule is Fc1ccc2c(ccn2-c2cc(Cl)c3c(c2)CN(Cc2cccnn2)CCO3)c1. The maximum Gasteiger partial charge on any atom is 0.142 e. The van der Waals surface area contributed by atoms with Crippen LogP contribution in [0.2, 0.25) is 5.02 Å². The highest BCUT2D eigenvalue weighted by Gasteiger charge is 2.20. The molecule has 0 N–H and O–H groups in total. The number of hydrogen-bond donors (Lipinski definition) is 0. The van der Waals surface area contributed by atoms with E-state index in [2.05, 4.69) is 21.2 Å². The lowest BCUT2D eigenvalue weighted by Crippen LogP contribution is -2.25. The van der Waals surface area contributed by atoms with E-state index in [1.807, 2.05) is 35.0 Å². The van der Waals surface area contributed by atoms with Gasteiger partial charge in [-0.3, -0.25) is 4.90 Å². The lowest BCUT2D eigenvalue weighted by molar-refractivity contribution is 0.217. The Kier molecular flexibility index (Phi) is 4.66. The Morgan fingerprint density at radius 2 is 2.07 bits per heavy atom. The molecule has 29 heavy (non-hydrogen) atoms. The minimum Gasteiger partial charge on any atom is -0.490 e. The van der Waals surface area contributed by atoms with Crippen LogP contribution in [0, 0.1) is 5.82 Å². The maximum absolute atomic E-state index is 13.5. The van der Waals surface area contributed by atoms with Crippen molar-refractivity contribution in [3.63, 3.8) is 0 Å². The van der Waals surface area contributed by atoms with Crippen LogP contribution >= 0.6 is 11.6 Å². The number of hydrogen-bond acceptors (Lipinski definition) is 4. The van der Waals surface area contributed by atoms with Crippen molar-refractivity contribution in [2.75, 3.05) is 13.2 Å². The van der Waals surface area contributed by atoms with Crippen LogP contribution < -0.4 is 4.74 Å². The predicted molar refractivity (Wildman–Crippen MR) is 110 cm³/mol. The smallest absolute Gasteiger partial charge is 0.142 e. The monoisotopic (exact) mass is 408 g/mol. The lowest BCUT2D eigenvalue weighted by Gasteiger charge is -2.19. The zero-order valence-electron chi connectivity index (χ0n) is 15.6. The van der Waals surface area contributed by atoms with E-state index in [9.17, 15) is 4.39 Å². The summed E-state index contributed by atoms with van der Waals surface area (Å²) in [4.78, 5) is 2.26. The second kappa shape index (κ2) is 7.46. The van der Waals surface area contributed by atoms with Gasteiger partial charge in [0.1, 0.15) is 18.2 Å². The highest BCUT2D eigenvalue weighted by Crippen LogP contribution is 2.35. The minimum absolute atomic E-state index is 0.247. The average Bonchev–Trinajstić information content (AvgIpc) is 3.02. The van der Waals surface area contributed by atoms with Crippen molar-refractivity contribution in [3.05, 3.63) is 83.0 Å². The van der Waals surface area contributed by atoms with Gasteiger partial charge in [0.15, 0.2) is 0 Å². The maximum atomic E-state index is 13.5. The molecule has 3 heterocycles. The minimum atomic E-state index is -0.247. The van der Waals surface area contributed by atoms with Crippen LogP contribution in [0.5, 0.6) is 5.75 Å². The topological polar surface area (TPSA) is 43.2 Å². The molecule has 0 aliphatic carbocycles. The summed E-state index contributed by atoms with van der Waals surface area (Å²) in [6.45, 7) is 2.69. The summed E-state index contributed by atoms with van der Waals surface area (Å²) in [6.07, 6.45) is 3.60. The van der Waals surface area contributed by atoms with Crippen LogP contribution in [0.3, 0.4) is 0 Å². The first-order chi connectivity index (χ1) is 14.2. The Morgan fingerprint density at radius 1 is 1.14 bits per heavy atom. The zero-order chi connectivity index (χ0) is 19.8. The second-order valence-corrected chi connectivity index (χ2v) is 7.49. The largest absolute Gasteiger partial charge is 0.490 e. The second-order valence-electron chi connectivity index (χ2n) is 7.08. The molecule has 2 aromatic heterocycles. The molecule has 0 amide bonds. The summed E-state index contributed by atoms with van der Waals surface area (Å²) in [7, 11) is 0. The normalized spacial score (nSPS) is 14.4. The molecule has 0 radical (unpaired) electrons. The molecule has 0 saturated heterocycles. The van der Waals surface area contributed by atoms with Crippen LogP contribution in [0.4, 0.5) is 4.39 Å². The molecule has 0 unspecified atom stereocenters. The van der Waals surface area contributed by atoms with Crippen molar-refractivity contribution >= 4 is 22.5 Å². The van der Waals surface area contributed by atoms with Crippen LogP contribution in [0.15, 0.2) is 60.9 Å². The lowest BCUT2D eigenvalue weighted by atomic mass is 10.1. The summed E-state index contributed by atoms with van der Waals surface area (Å²) >= 11 is 6.58. The number of halogens is 2. The molecule has 0 spiro atoms. The average molecular weight is 409 g/mol. The van der Waals surface area contributed by atoms with Crippen molar-refractivity contribution in [1.82, 2.24) is 19.7 Å². The van der Waals surface area contributed by atoms with Gasteiger partial charge < -0.3 is 9.30 Å². The van der Waals surface area contributed by atoms with E-state index in [1.165, 1.54) is 12.1 Å². The molecule has 0 saturated carbocycles. The van der Waals surface area contributed by atoms with Gasteiger partial charge in [0.25, 0.3) is 0 Å². The van der Waals surface area contributed by atoms with E-state index >= 15 is 0 Å². The molecule has 146 valence electrons. The molecule has 1 aliphatic rings. The fourth-order valence-electron chi connectivity index (χ4n) is 3.77. The first-order valence-electron chi connectivity index (χ1n) is 9.38. The first kappa shape index (κ1) is 18.1. The van der Waals surface area contributed by atoms with Gasteiger partial charge >= 0.3 is 0 Å². The predicted octanol–water partition coefficient (Wildman–Crippen LogP) is 4.61. The van der Waals surface area contributed by atoms with Crippen LogP contribution in [0.1, 0.15) is 11.3 Å². The van der Waals surface area contributed by atoms with E-state index in [-0.39, 0.29) is 5.82 Å². The Labute approximate surface area is 172 Å². The standard InChI is InChI=1S/C22H18ClFN4O/c23-20-12-19(28-7-5-15-10-17(24)3-4-21(15)28)11-16-13-27(8-9-29-22(16)20)14-18-2-1-6-25-26-18/h1-7,10-12H,8-9,13-14H2. The number of benzene rings is 2. The number of nitrogens with zero attached hydrogens (tertiary/aromatic N) is 4. The van der Waals surface area contributed by atoms with Gasteiger partial charge in [-0.05, 0) is 48.5 Å². The number of aromatic nitrogens is 3. The zero-order valence-corrected chi connectivity index (χ0v) is 16.3. The van der Waals surface area contributed by atoms with E-state index in [1.54, 1.807) is 12.3 Å². The van der Waals surface area contributed by atoms with Gasteiger partial charge in [-0.15, -0.1) is 0 Å². The van der Waals surface area contributed by atoms with Gasteiger partial charge in [-0.2, -0.15) is 10.2 Å². The van der Waals surface area contributed by atoms with E-state index in [4.69, 9.17) is 16.3 Å².